The summed E-state index contributed by atoms with van der Waals surface area (Å²) in [5.74, 6) is -0.459. The number of nitrogens with one attached hydrogen (secondary N) is 1. The van der Waals surface area contributed by atoms with Gasteiger partial charge in [0.05, 0.1) is 27.3 Å². The van der Waals surface area contributed by atoms with Gasteiger partial charge in [0, 0.05) is 5.69 Å². The smallest absolute Gasteiger partial charge is 0.335 e. The Hall–Kier alpha value is -4.04. The lowest BCUT2D eigenvalue weighted by Crippen LogP contribution is -2.36. The van der Waals surface area contributed by atoms with Crippen molar-refractivity contribution in [2.75, 3.05) is 25.1 Å². The topological polar surface area (TPSA) is 131 Å². The number of carboxylic acids is 1. The van der Waals surface area contributed by atoms with Crippen LogP contribution in [-0.4, -0.2) is 52.8 Å². The molecular formula is C30H27IN2O8S. The van der Waals surface area contributed by atoms with Gasteiger partial charge in [-0.05, 0) is 114 Å². The summed E-state index contributed by atoms with van der Waals surface area (Å²) < 4.78 is 17.9. The number of carbonyl (C=O) groups excluding carboxylic acids is 3. The van der Waals surface area contributed by atoms with Crippen molar-refractivity contribution in [2.24, 2.45) is 0 Å². The summed E-state index contributed by atoms with van der Waals surface area (Å²) >= 11 is 2.86. The number of anilines is 1. The van der Waals surface area contributed by atoms with Gasteiger partial charge in [0.2, 0.25) is 5.91 Å². The summed E-state index contributed by atoms with van der Waals surface area (Å²) in [7, 11) is 0. The number of amides is 3. The SMILES string of the molecule is CCOc1ccc(NC(=O)CN2C(=O)S/C(=C/c3cc(I)c(OCc4ccc(C(=O)O)cc4)c(OCC)c3)C2=O)cc1. The van der Waals surface area contributed by atoms with Gasteiger partial charge in [0.25, 0.3) is 11.1 Å². The van der Waals surface area contributed by atoms with Crippen LogP contribution in [0.25, 0.3) is 6.08 Å². The summed E-state index contributed by atoms with van der Waals surface area (Å²) in [6, 6.07) is 16.7. The molecule has 42 heavy (non-hydrogen) atoms. The average Bonchev–Trinajstić information content (AvgIpc) is 3.21. The molecule has 1 aliphatic heterocycles. The number of carbonyl (C=O) groups is 4. The first kappa shape index (κ1) is 30.9. The predicted molar refractivity (Wildman–Crippen MR) is 167 cm³/mol. The Morgan fingerprint density at radius 2 is 1.67 bits per heavy atom. The highest BCUT2D eigenvalue weighted by Gasteiger charge is 2.36. The quantitative estimate of drug-likeness (QED) is 0.171. The number of rotatable bonds is 12. The second-order valence-electron chi connectivity index (χ2n) is 8.83. The summed E-state index contributed by atoms with van der Waals surface area (Å²) in [5.41, 5.74) is 2.10. The molecule has 0 bridgehead atoms. The second-order valence-corrected chi connectivity index (χ2v) is 11.0. The fraction of sp³-hybridized carbons (Fsp3) is 0.200. The Balaban J connectivity index is 1.44. The lowest BCUT2D eigenvalue weighted by molar-refractivity contribution is -0.127. The maximum atomic E-state index is 13.0. The van der Waals surface area contributed by atoms with Crippen molar-refractivity contribution in [3.05, 3.63) is 85.8 Å². The monoisotopic (exact) mass is 702 g/mol. The number of halogens is 1. The Morgan fingerprint density at radius 3 is 2.31 bits per heavy atom. The predicted octanol–water partition coefficient (Wildman–Crippen LogP) is 6.04. The van der Waals surface area contributed by atoms with Crippen molar-refractivity contribution in [2.45, 2.75) is 20.5 Å². The summed E-state index contributed by atoms with van der Waals surface area (Å²) in [5, 5.41) is 11.2. The highest BCUT2D eigenvalue weighted by Crippen LogP contribution is 2.38. The van der Waals surface area contributed by atoms with E-state index in [2.05, 4.69) is 27.9 Å². The number of imide groups is 1. The second kappa shape index (κ2) is 14.2. The molecule has 218 valence electrons. The third kappa shape index (κ3) is 7.82. The van der Waals surface area contributed by atoms with E-state index in [9.17, 15) is 19.2 Å². The number of hydrogen-bond acceptors (Lipinski definition) is 8. The molecule has 3 aromatic rings. The maximum Gasteiger partial charge on any atom is 0.335 e. The van der Waals surface area contributed by atoms with E-state index in [4.69, 9.17) is 19.3 Å². The minimum Gasteiger partial charge on any atom is -0.494 e. The van der Waals surface area contributed by atoms with Gasteiger partial charge in [0.15, 0.2) is 11.5 Å². The van der Waals surface area contributed by atoms with E-state index in [1.807, 2.05) is 13.8 Å². The Labute approximate surface area is 260 Å². The van der Waals surface area contributed by atoms with Crippen molar-refractivity contribution in [3.8, 4) is 17.2 Å². The molecule has 0 saturated carbocycles. The molecule has 3 aromatic carbocycles. The van der Waals surface area contributed by atoms with Gasteiger partial charge < -0.3 is 24.6 Å². The highest BCUT2D eigenvalue weighted by atomic mass is 127. The fourth-order valence-electron chi connectivity index (χ4n) is 3.91. The van der Waals surface area contributed by atoms with Crippen LogP contribution in [0.2, 0.25) is 0 Å². The number of thioether (sulfide) groups is 1. The molecule has 1 saturated heterocycles. The van der Waals surface area contributed by atoms with E-state index in [-0.39, 0.29) is 17.1 Å². The standard InChI is InChI=1S/C30H27IN2O8S/c1-3-39-22-11-9-21(10-12-22)32-26(34)16-33-28(35)25(42-30(33)38)15-19-13-23(31)27(24(14-19)40-4-2)41-17-18-5-7-20(8-6-18)29(36)37/h5-15H,3-4,16-17H2,1-2H3,(H,32,34)(H,36,37)/b25-15+. The van der Waals surface area contributed by atoms with E-state index in [1.165, 1.54) is 12.1 Å². The van der Waals surface area contributed by atoms with E-state index < -0.39 is 29.6 Å². The van der Waals surface area contributed by atoms with Crippen LogP contribution in [-0.2, 0) is 16.2 Å². The highest BCUT2D eigenvalue weighted by molar-refractivity contribution is 14.1. The van der Waals surface area contributed by atoms with Crippen molar-refractivity contribution in [1.82, 2.24) is 4.90 Å². The lowest BCUT2D eigenvalue weighted by Gasteiger charge is -2.15. The summed E-state index contributed by atoms with van der Waals surface area (Å²) in [4.78, 5) is 50.4. The van der Waals surface area contributed by atoms with E-state index in [1.54, 1.807) is 54.6 Å². The molecule has 12 heteroatoms. The molecule has 10 nitrogen and oxygen atoms in total. The first-order chi connectivity index (χ1) is 20.2. The zero-order valence-corrected chi connectivity index (χ0v) is 25.7. The minimum absolute atomic E-state index is 0.180. The Kier molecular flexibility index (Phi) is 10.5. The molecule has 0 spiro atoms. The molecule has 1 aliphatic rings. The van der Waals surface area contributed by atoms with Gasteiger partial charge in [-0.2, -0.15) is 0 Å². The van der Waals surface area contributed by atoms with Crippen LogP contribution in [0.3, 0.4) is 0 Å². The van der Waals surface area contributed by atoms with Crippen LogP contribution in [0, 0.1) is 3.57 Å². The van der Waals surface area contributed by atoms with Gasteiger partial charge in [-0.15, -0.1) is 0 Å². The number of ether oxygens (including phenoxy) is 3. The van der Waals surface area contributed by atoms with Gasteiger partial charge in [-0.3, -0.25) is 19.3 Å². The molecule has 2 N–H and O–H groups in total. The number of nitrogens with zero attached hydrogens (tertiary/aromatic N) is 1. The minimum atomic E-state index is -1.00. The third-order valence-corrected chi connectivity index (χ3v) is 7.55. The average molecular weight is 703 g/mol. The zero-order chi connectivity index (χ0) is 30.2. The van der Waals surface area contributed by atoms with Crippen molar-refractivity contribution in [3.63, 3.8) is 0 Å². The van der Waals surface area contributed by atoms with Gasteiger partial charge >= 0.3 is 5.97 Å². The molecule has 1 heterocycles. The van der Waals surface area contributed by atoms with E-state index in [0.29, 0.717) is 45.3 Å². The van der Waals surface area contributed by atoms with Crippen LogP contribution in [0.1, 0.15) is 35.3 Å². The van der Waals surface area contributed by atoms with Crippen LogP contribution < -0.4 is 19.5 Å². The van der Waals surface area contributed by atoms with Crippen LogP contribution >= 0.6 is 34.4 Å². The van der Waals surface area contributed by atoms with Crippen molar-refractivity contribution < 1.29 is 38.5 Å². The van der Waals surface area contributed by atoms with Gasteiger partial charge in [0.1, 0.15) is 18.9 Å². The first-order valence-electron chi connectivity index (χ1n) is 12.9. The molecule has 0 aromatic heterocycles. The molecule has 1 fully saturated rings. The number of benzene rings is 3. The zero-order valence-electron chi connectivity index (χ0n) is 22.7. The normalized spacial score (nSPS) is 13.8. The van der Waals surface area contributed by atoms with E-state index in [0.717, 1.165) is 22.2 Å². The molecule has 3 amide bonds. The first-order valence-corrected chi connectivity index (χ1v) is 14.8. The molecule has 0 aliphatic carbocycles. The van der Waals surface area contributed by atoms with E-state index >= 15 is 0 Å². The van der Waals surface area contributed by atoms with Crippen LogP contribution in [0.15, 0.2) is 65.6 Å². The molecular weight excluding hydrogens is 675 g/mol. The third-order valence-electron chi connectivity index (χ3n) is 5.84. The molecule has 4 rings (SSSR count). The lowest BCUT2D eigenvalue weighted by atomic mass is 10.1. The number of aromatic carboxylic acids is 1. The largest absolute Gasteiger partial charge is 0.494 e. The van der Waals surface area contributed by atoms with Gasteiger partial charge in [-0.1, -0.05) is 12.1 Å². The number of carboxylic acid groups (broad SMARTS) is 1. The molecule has 0 radical (unpaired) electrons. The van der Waals surface area contributed by atoms with Crippen LogP contribution in [0.4, 0.5) is 10.5 Å². The molecule has 0 unspecified atom stereocenters. The van der Waals surface area contributed by atoms with Crippen molar-refractivity contribution >= 4 is 69.1 Å². The Bertz CT molecular complexity index is 1520. The fourth-order valence-corrected chi connectivity index (χ4v) is 5.53. The van der Waals surface area contributed by atoms with Crippen LogP contribution in [0.5, 0.6) is 17.2 Å². The summed E-state index contributed by atoms with van der Waals surface area (Å²) in [6.45, 7) is 4.36. The van der Waals surface area contributed by atoms with Crippen molar-refractivity contribution in [1.29, 1.82) is 0 Å². The number of hydrogen-bond donors (Lipinski definition) is 2. The molecule has 0 atom stereocenters. The van der Waals surface area contributed by atoms with Gasteiger partial charge in [-0.25, -0.2) is 4.79 Å². The summed E-state index contributed by atoms with van der Waals surface area (Å²) in [6.07, 6.45) is 1.58. The Morgan fingerprint density at radius 1 is 0.976 bits per heavy atom. The maximum absolute atomic E-state index is 13.0.